The summed E-state index contributed by atoms with van der Waals surface area (Å²) >= 11 is 1.70. The van der Waals surface area contributed by atoms with Crippen molar-refractivity contribution >= 4 is 29.3 Å². The van der Waals surface area contributed by atoms with E-state index in [1.165, 1.54) is 32.8 Å². The molecule has 0 atom stereocenters. The Morgan fingerprint density at radius 2 is 2.00 bits per heavy atom. The molecule has 0 spiro atoms. The van der Waals surface area contributed by atoms with Gasteiger partial charge in [0.15, 0.2) is 0 Å². The number of amides is 1. The molecule has 0 unspecified atom stereocenters. The van der Waals surface area contributed by atoms with Gasteiger partial charge in [0.2, 0.25) is 5.91 Å². The topological polar surface area (TPSA) is 55.4 Å². The minimum Gasteiger partial charge on any atom is -0.465 e. The fraction of sp³-hybridized carbons (Fsp3) is 0.467. The zero-order valence-electron chi connectivity index (χ0n) is 11.6. The van der Waals surface area contributed by atoms with Crippen molar-refractivity contribution in [2.24, 2.45) is 0 Å². The number of methoxy groups -OCH3 is 1. The Balaban J connectivity index is 1.91. The van der Waals surface area contributed by atoms with E-state index in [1.807, 2.05) is 0 Å². The third-order valence-corrected chi connectivity index (χ3v) is 4.73. The highest BCUT2D eigenvalue weighted by molar-refractivity contribution is 8.00. The number of anilines is 1. The lowest BCUT2D eigenvalue weighted by Crippen LogP contribution is -2.18. The Morgan fingerprint density at radius 3 is 2.70 bits per heavy atom. The van der Waals surface area contributed by atoms with Crippen molar-refractivity contribution in [2.45, 2.75) is 30.9 Å². The van der Waals surface area contributed by atoms with Gasteiger partial charge < -0.3 is 10.1 Å². The maximum Gasteiger partial charge on any atom is 0.339 e. The summed E-state index contributed by atoms with van der Waals surface area (Å²) < 4.78 is 4.70. The molecule has 0 radical (unpaired) electrons. The number of carbonyl (C=O) groups excluding carboxylic acids is 2. The highest BCUT2D eigenvalue weighted by Crippen LogP contribution is 2.29. The summed E-state index contributed by atoms with van der Waals surface area (Å²) in [5, 5.41) is 3.40. The molecule has 4 nitrogen and oxygen atoms in total. The molecule has 2 rings (SSSR count). The van der Waals surface area contributed by atoms with E-state index < -0.39 is 5.97 Å². The van der Waals surface area contributed by atoms with Crippen LogP contribution in [-0.2, 0) is 9.53 Å². The number of thioether (sulfide) groups is 1. The van der Waals surface area contributed by atoms with Crippen LogP contribution in [0.2, 0.25) is 0 Å². The summed E-state index contributed by atoms with van der Waals surface area (Å²) in [5.41, 5.74) is 0.894. The maximum atomic E-state index is 11.9. The Hall–Kier alpha value is -1.49. The van der Waals surface area contributed by atoms with Crippen LogP contribution in [0.15, 0.2) is 24.3 Å². The van der Waals surface area contributed by atoms with E-state index in [0.717, 1.165) is 0 Å². The zero-order chi connectivity index (χ0) is 14.4. The van der Waals surface area contributed by atoms with Crippen LogP contribution in [0, 0.1) is 0 Å². The van der Waals surface area contributed by atoms with Gasteiger partial charge in [0.05, 0.1) is 24.1 Å². The molecule has 0 aromatic heterocycles. The van der Waals surface area contributed by atoms with Crippen LogP contribution in [0.25, 0.3) is 0 Å². The summed E-state index contributed by atoms with van der Waals surface area (Å²) in [4.78, 5) is 23.6. The molecule has 1 aliphatic rings. The van der Waals surface area contributed by atoms with Crippen LogP contribution in [0.4, 0.5) is 5.69 Å². The number of benzene rings is 1. The predicted molar refractivity (Wildman–Crippen MR) is 81.1 cm³/mol. The number of rotatable bonds is 5. The number of ether oxygens (including phenoxy) is 1. The highest BCUT2D eigenvalue weighted by Gasteiger charge is 2.18. The van der Waals surface area contributed by atoms with Gasteiger partial charge in [-0.15, -0.1) is 11.8 Å². The Morgan fingerprint density at radius 1 is 1.30 bits per heavy atom. The van der Waals surface area contributed by atoms with Gasteiger partial charge in [-0.1, -0.05) is 25.0 Å². The fourth-order valence-electron chi connectivity index (χ4n) is 2.31. The Bertz CT molecular complexity index is 484. The van der Waals surface area contributed by atoms with Crippen molar-refractivity contribution in [1.82, 2.24) is 0 Å². The lowest BCUT2D eigenvalue weighted by molar-refractivity contribution is -0.113. The number of hydrogen-bond acceptors (Lipinski definition) is 4. The molecule has 5 heteroatoms. The van der Waals surface area contributed by atoms with E-state index in [9.17, 15) is 9.59 Å². The molecular formula is C15H19NO3S. The van der Waals surface area contributed by atoms with Gasteiger partial charge in [0.1, 0.15) is 0 Å². The lowest BCUT2D eigenvalue weighted by Gasteiger charge is -2.11. The molecule has 0 heterocycles. The molecule has 1 N–H and O–H groups in total. The van der Waals surface area contributed by atoms with Crippen LogP contribution in [0.1, 0.15) is 36.0 Å². The first-order valence-electron chi connectivity index (χ1n) is 6.79. The summed E-state index contributed by atoms with van der Waals surface area (Å²) in [6.45, 7) is 0. The molecule has 0 bridgehead atoms. The second kappa shape index (κ2) is 7.33. The van der Waals surface area contributed by atoms with E-state index in [0.29, 0.717) is 22.3 Å². The van der Waals surface area contributed by atoms with Gasteiger partial charge in [0, 0.05) is 5.25 Å². The van der Waals surface area contributed by atoms with Crippen molar-refractivity contribution in [3.05, 3.63) is 29.8 Å². The van der Waals surface area contributed by atoms with Gasteiger partial charge in [-0.05, 0) is 25.0 Å². The van der Waals surface area contributed by atoms with Crippen molar-refractivity contribution in [2.75, 3.05) is 18.2 Å². The van der Waals surface area contributed by atoms with E-state index in [2.05, 4.69) is 5.32 Å². The molecule has 1 aromatic rings. The number of carbonyl (C=O) groups is 2. The molecule has 20 heavy (non-hydrogen) atoms. The Kier molecular flexibility index (Phi) is 5.47. The molecule has 0 saturated heterocycles. The zero-order valence-corrected chi connectivity index (χ0v) is 12.4. The molecular weight excluding hydrogens is 274 g/mol. The maximum absolute atomic E-state index is 11.9. The molecule has 1 aromatic carbocycles. The van der Waals surface area contributed by atoms with Crippen LogP contribution < -0.4 is 5.32 Å². The Labute approximate surface area is 123 Å². The standard InChI is InChI=1S/C15H19NO3S/c1-19-15(18)12-8-4-5-9-13(12)16-14(17)10-20-11-6-2-3-7-11/h4-5,8-9,11H,2-3,6-7,10H2,1H3,(H,16,17). The smallest absolute Gasteiger partial charge is 0.339 e. The minimum absolute atomic E-state index is 0.0711. The largest absolute Gasteiger partial charge is 0.465 e. The molecule has 1 saturated carbocycles. The predicted octanol–water partition coefficient (Wildman–Crippen LogP) is 3.09. The number of esters is 1. The SMILES string of the molecule is COC(=O)c1ccccc1NC(=O)CSC1CCCC1. The summed E-state index contributed by atoms with van der Waals surface area (Å²) in [5.74, 6) is -0.0808. The second-order valence-corrected chi connectivity index (χ2v) is 6.09. The first-order valence-corrected chi connectivity index (χ1v) is 7.84. The van der Waals surface area contributed by atoms with E-state index in [1.54, 1.807) is 36.0 Å². The van der Waals surface area contributed by atoms with Gasteiger partial charge in [-0.3, -0.25) is 4.79 Å². The number of para-hydroxylation sites is 1. The summed E-state index contributed by atoms with van der Waals surface area (Å²) in [6, 6.07) is 6.89. The van der Waals surface area contributed by atoms with Gasteiger partial charge in [-0.2, -0.15) is 0 Å². The van der Waals surface area contributed by atoms with Crippen molar-refractivity contribution in [3.63, 3.8) is 0 Å². The average molecular weight is 293 g/mol. The van der Waals surface area contributed by atoms with E-state index in [4.69, 9.17) is 4.74 Å². The molecule has 1 fully saturated rings. The van der Waals surface area contributed by atoms with Gasteiger partial charge in [0.25, 0.3) is 0 Å². The molecule has 0 aliphatic heterocycles. The molecule has 108 valence electrons. The first-order chi connectivity index (χ1) is 9.70. The highest BCUT2D eigenvalue weighted by atomic mass is 32.2. The van der Waals surface area contributed by atoms with Crippen molar-refractivity contribution in [3.8, 4) is 0 Å². The molecule has 1 aliphatic carbocycles. The quantitative estimate of drug-likeness (QED) is 0.848. The van der Waals surface area contributed by atoms with Crippen LogP contribution in [0.5, 0.6) is 0 Å². The monoisotopic (exact) mass is 293 g/mol. The number of hydrogen-bond donors (Lipinski definition) is 1. The van der Waals surface area contributed by atoms with Crippen molar-refractivity contribution in [1.29, 1.82) is 0 Å². The van der Waals surface area contributed by atoms with E-state index >= 15 is 0 Å². The third kappa shape index (κ3) is 4.00. The van der Waals surface area contributed by atoms with Gasteiger partial charge in [-0.25, -0.2) is 4.79 Å². The van der Waals surface area contributed by atoms with Crippen molar-refractivity contribution < 1.29 is 14.3 Å². The third-order valence-electron chi connectivity index (χ3n) is 3.36. The normalized spacial score (nSPS) is 15.1. The van der Waals surface area contributed by atoms with Gasteiger partial charge >= 0.3 is 5.97 Å². The average Bonchev–Trinajstić information content (AvgIpc) is 2.98. The van der Waals surface area contributed by atoms with Crippen LogP contribution >= 0.6 is 11.8 Å². The summed E-state index contributed by atoms with van der Waals surface area (Å²) in [6.07, 6.45) is 4.95. The molecule has 1 amide bonds. The van der Waals surface area contributed by atoms with Crippen LogP contribution in [-0.4, -0.2) is 30.0 Å². The minimum atomic E-state index is -0.440. The first kappa shape index (κ1) is 14.9. The summed E-state index contributed by atoms with van der Waals surface area (Å²) in [7, 11) is 1.33. The lowest BCUT2D eigenvalue weighted by atomic mass is 10.2. The fourth-order valence-corrected chi connectivity index (χ4v) is 3.44. The number of nitrogens with one attached hydrogen (secondary N) is 1. The van der Waals surface area contributed by atoms with E-state index in [-0.39, 0.29) is 5.91 Å². The van der Waals surface area contributed by atoms with Crippen LogP contribution in [0.3, 0.4) is 0 Å². The second-order valence-electron chi connectivity index (χ2n) is 4.80.